The molecule has 2 heterocycles. The molecule has 1 amide bonds. The summed E-state index contributed by atoms with van der Waals surface area (Å²) in [6.07, 6.45) is 5.45. The fraction of sp³-hybridized carbons (Fsp3) is 0.600. The number of nitrogens with two attached hydrogens (primary N) is 1. The molecule has 1 aliphatic heterocycles. The average Bonchev–Trinajstić information content (AvgIpc) is 2.46. The van der Waals surface area contributed by atoms with Crippen LogP contribution in [0.15, 0.2) is 22.8 Å². The number of halogens is 1. The Labute approximate surface area is 133 Å². The quantitative estimate of drug-likeness (QED) is 0.900. The third-order valence-electron chi connectivity index (χ3n) is 4.52. The Hall–Kier alpha value is -1.14. The van der Waals surface area contributed by atoms with Gasteiger partial charge in [-0.05, 0) is 47.3 Å². The van der Waals surface area contributed by atoms with Crippen LogP contribution in [0.3, 0.4) is 0 Å². The molecule has 114 valence electrons. The van der Waals surface area contributed by atoms with Crippen LogP contribution in [0, 0.1) is 0 Å². The summed E-state index contributed by atoms with van der Waals surface area (Å²) in [7, 11) is 0. The van der Waals surface area contributed by atoms with E-state index in [-0.39, 0.29) is 11.4 Å². The lowest BCUT2D eigenvalue weighted by Gasteiger charge is -2.41. The highest BCUT2D eigenvalue weighted by Crippen LogP contribution is 2.32. The monoisotopic (exact) mass is 352 g/mol. The summed E-state index contributed by atoms with van der Waals surface area (Å²) >= 11 is 3.39. The fourth-order valence-electron chi connectivity index (χ4n) is 2.96. The number of carbonyl (C=O) groups is 1. The first-order chi connectivity index (χ1) is 10.1. The molecule has 0 unspecified atom stereocenters. The van der Waals surface area contributed by atoms with Crippen LogP contribution < -0.4 is 10.6 Å². The zero-order chi connectivity index (χ0) is 14.9. The van der Waals surface area contributed by atoms with E-state index in [9.17, 15) is 4.79 Å². The number of hydrogen-bond donors (Lipinski definition) is 1. The molecule has 6 heteroatoms. The third-order valence-corrected chi connectivity index (χ3v) is 4.99. The summed E-state index contributed by atoms with van der Waals surface area (Å²) in [4.78, 5) is 20.9. The maximum Gasteiger partial charge on any atom is 0.224 e. The van der Waals surface area contributed by atoms with Crippen molar-refractivity contribution < 1.29 is 4.79 Å². The predicted molar refractivity (Wildman–Crippen MR) is 86.1 cm³/mol. The van der Waals surface area contributed by atoms with Crippen LogP contribution in [0.5, 0.6) is 0 Å². The third kappa shape index (κ3) is 3.37. The van der Waals surface area contributed by atoms with E-state index in [1.54, 1.807) is 0 Å². The van der Waals surface area contributed by atoms with Crippen LogP contribution in [0.2, 0.25) is 0 Å². The highest BCUT2D eigenvalue weighted by molar-refractivity contribution is 9.10. The number of rotatable bonds is 3. The van der Waals surface area contributed by atoms with Gasteiger partial charge in [0.2, 0.25) is 5.91 Å². The minimum atomic E-state index is -0.221. The number of carbonyl (C=O) groups excluding carboxylic acids is 1. The zero-order valence-corrected chi connectivity index (χ0v) is 13.7. The van der Waals surface area contributed by atoms with E-state index in [4.69, 9.17) is 5.73 Å². The van der Waals surface area contributed by atoms with E-state index in [0.29, 0.717) is 6.42 Å². The highest BCUT2D eigenvalue weighted by Gasteiger charge is 2.36. The molecule has 1 aromatic rings. The lowest BCUT2D eigenvalue weighted by molar-refractivity contribution is -0.133. The maximum absolute atomic E-state index is 12.3. The number of aromatic nitrogens is 1. The number of anilines is 1. The molecule has 1 aliphatic carbocycles. The van der Waals surface area contributed by atoms with Crippen LogP contribution in [0.25, 0.3) is 0 Å². The van der Waals surface area contributed by atoms with Crippen LogP contribution in [-0.4, -0.2) is 47.5 Å². The molecule has 0 bridgehead atoms. The van der Waals surface area contributed by atoms with Crippen molar-refractivity contribution in [3.63, 3.8) is 0 Å². The Morgan fingerprint density at radius 2 is 2.00 bits per heavy atom. The molecule has 2 fully saturated rings. The molecule has 2 N–H and O–H groups in total. The Bertz CT molecular complexity index is 507. The van der Waals surface area contributed by atoms with Gasteiger partial charge in [0.25, 0.3) is 0 Å². The van der Waals surface area contributed by atoms with E-state index in [0.717, 1.165) is 55.7 Å². The SMILES string of the molecule is NC1(CC(=O)N2CCN(c3ccc(Br)cn3)CC2)CCC1. The summed E-state index contributed by atoms with van der Waals surface area (Å²) in [5.41, 5.74) is 5.95. The summed E-state index contributed by atoms with van der Waals surface area (Å²) in [5, 5.41) is 0. The molecule has 0 radical (unpaired) electrons. The number of piperazine rings is 1. The van der Waals surface area contributed by atoms with E-state index in [1.165, 1.54) is 0 Å². The summed E-state index contributed by atoms with van der Waals surface area (Å²) in [6.45, 7) is 3.18. The molecule has 21 heavy (non-hydrogen) atoms. The summed E-state index contributed by atoms with van der Waals surface area (Å²) in [6, 6.07) is 4.00. The van der Waals surface area contributed by atoms with E-state index >= 15 is 0 Å². The second-order valence-corrected chi connectivity index (χ2v) is 7.01. The minimum absolute atomic E-state index is 0.209. The molecule has 1 saturated carbocycles. The lowest BCUT2D eigenvalue weighted by Crippen LogP contribution is -2.54. The summed E-state index contributed by atoms with van der Waals surface area (Å²) in [5.74, 6) is 1.18. The van der Waals surface area contributed by atoms with Gasteiger partial charge in [0.15, 0.2) is 0 Å². The van der Waals surface area contributed by atoms with Gasteiger partial charge in [-0.3, -0.25) is 4.79 Å². The van der Waals surface area contributed by atoms with Gasteiger partial charge < -0.3 is 15.5 Å². The van der Waals surface area contributed by atoms with Crippen molar-refractivity contribution in [3.8, 4) is 0 Å². The van der Waals surface area contributed by atoms with Gasteiger partial charge in [-0.1, -0.05) is 0 Å². The van der Waals surface area contributed by atoms with Crippen molar-refractivity contribution in [2.24, 2.45) is 5.73 Å². The van der Waals surface area contributed by atoms with Crippen LogP contribution >= 0.6 is 15.9 Å². The summed E-state index contributed by atoms with van der Waals surface area (Å²) < 4.78 is 0.980. The first-order valence-corrected chi connectivity index (χ1v) is 8.28. The Morgan fingerprint density at radius 3 is 2.52 bits per heavy atom. The van der Waals surface area contributed by atoms with E-state index < -0.39 is 0 Å². The lowest BCUT2D eigenvalue weighted by atomic mass is 9.75. The average molecular weight is 353 g/mol. The number of hydrogen-bond acceptors (Lipinski definition) is 4. The predicted octanol–water partition coefficient (Wildman–Crippen LogP) is 1.76. The van der Waals surface area contributed by atoms with Gasteiger partial charge in [0, 0.05) is 48.8 Å². The molecule has 1 aromatic heterocycles. The van der Waals surface area contributed by atoms with Gasteiger partial charge in [0.1, 0.15) is 5.82 Å². The molecular formula is C15H21BrN4O. The molecule has 1 saturated heterocycles. The first kappa shape index (κ1) is 14.8. The van der Waals surface area contributed by atoms with Crippen LogP contribution in [0.1, 0.15) is 25.7 Å². The van der Waals surface area contributed by atoms with E-state index in [1.807, 2.05) is 23.2 Å². The molecule has 0 aromatic carbocycles. The molecule has 0 atom stereocenters. The van der Waals surface area contributed by atoms with Crippen molar-refractivity contribution in [2.45, 2.75) is 31.2 Å². The Morgan fingerprint density at radius 1 is 1.29 bits per heavy atom. The molecule has 0 spiro atoms. The van der Waals surface area contributed by atoms with Gasteiger partial charge in [-0.2, -0.15) is 0 Å². The van der Waals surface area contributed by atoms with Gasteiger partial charge in [0.05, 0.1) is 0 Å². The molecule has 5 nitrogen and oxygen atoms in total. The normalized spacial score (nSPS) is 21.0. The maximum atomic E-state index is 12.3. The molecule has 2 aliphatic rings. The zero-order valence-electron chi connectivity index (χ0n) is 12.1. The van der Waals surface area contributed by atoms with Crippen LogP contribution in [-0.2, 0) is 4.79 Å². The fourth-order valence-corrected chi connectivity index (χ4v) is 3.20. The van der Waals surface area contributed by atoms with Crippen molar-refractivity contribution in [2.75, 3.05) is 31.1 Å². The second-order valence-electron chi connectivity index (χ2n) is 6.10. The Kier molecular flexibility index (Phi) is 4.17. The van der Waals surface area contributed by atoms with Gasteiger partial charge in [-0.25, -0.2) is 4.98 Å². The number of pyridine rings is 1. The van der Waals surface area contributed by atoms with Crippen LogP contribution in [0.4, 0.5) is 5.82 Å². The number of amides is 1. The minimum Gasteiger partial charge on any atom is -0.353 e. The number of nitrogens with zero attached hydrogens (tertiary/aromatic N) is 3. The molecule has 3 rings (SSSR count). The highest BCUT2D eigenvalue weighted by atomic mass is 79.9. The van der Waals surface area contributed by atoms with E-state index in [2.05, 4.69) is 25.8 Å². The standard InChI is InChI=1S/C15H21BrN4O/c16-12-2-3-13(18-11-12)19-6-8-20(9-7-19)14(21)10-15(17)4-1-5-15/h2-3,11H,1,4-10,17H2. The smallest absolute Gasteiger partial charge is 0.224 e. The second kappa shape index (κ2) is 5.93. The molecular weight excluding hydrogens is 332 g/mol. The largest absolute Gasteiger partial charge is 0.353 e. The van der Waals surface area contributed by atoms with Crippen molar-refractivity contribution in [3.05, 3.63) is 22.8 Å². The first-order valence-electron chi connectivity index (χ1n) is 7.49. The van der Waals surface area contributed by atoms with Gasteiger partial charge in [-0.15, -0.1) is 0 Å². The Balaban J connectivity index is 1.52. The topological polar surface area (TPSA) is 62.5 Å². The van der Waals surface area contributed by atoms with Crippen molar-refractivity contribution >= 4 is 27.7 Å². The van der Waals surface area contributed by atoms with Gasteiger partial charge >= 0.3 is 0 Å². The van der Waals surface area contributed by atoms with Crippen molar-refractivity contribution in [1.82, 2.24) is 9.88 Å². The van der Waals surface area contributed by atoms with Crippen molar-refractivity contribution in [1.29, 1.82) is 0 Å².